The van der Waals surface area contributed by atoms with Crippen molar-refractivity contribution >= 4 is 11.6 Å². The maximum Gasteiger partial charge on any atom is 0.240 e. The molecule has 0 bridgehead atoms. The van der Waals surface area contributed by atoms with E-state index in [-0.39, 0.29) is 11.9 Å². The average molecular weight is 467 g/mol. The first-order chi connectivity index (χ1) is 17.1. The maximum absolute atomic E-state index is 12.7. The molecule has 0 saturated heterocycles. The first-order valence-corrected chi connectivity index (χ1v) is 11.4. The lowest BCUT2D eigenvalue weighted by Crippen LogP contribution is -2.24. The van der Waals surface area contributed by atoms with Gasteiger partial charge < -0.3 is 9.47 Å². The van der Waals surface area contributed by atoms with Crippen molar-refractivity contribution in [3.8, 4) is 28.4 Å². The van der Waals surface area contributed by atoms with Crippen LogP contribution in [-0.4, -0.2) is 40.6 Å². The van der Waals surface area contributed by atoms with Gasteiger partial charge in [0.1, 0.15) is 0 Å². The second kappa shape index (κ2) is 9.46. The Morgan fingerprint density at radius 2 is 1.57 bits per heavy atom. The second-order valence-electron chi connectivity index (χ2n) is 8.28. The molecule has 1 atom stereocenters. The molecule has 2 heterocycles. The number of carbonyl (C=O) groups excluding carboxylic acids is 1. The molecule has 1 aliphatic heterocycles. The van der Waals surface area contributed by atoms with Crippen molar-refractivity contribution in [1.82, 2.24) is 14.8 Å². The highest BCUT2D eigenvalue weighted by atomic mass is 16.5. The SMILES string of the molecule is COc1ccc(C2=NN(C(C)=O)C(c3cn(-c4ccccc4)nc3-c3ccccc3)C2)cc1OC. The van der Waals surface area contributed by atoms with E-state index in [2.05, 4.69) is 0 Å². The normalized spacial score (nSPS) is 15.1. The van der Waals surface area contributed by atoms with Gasteiger partial charge in [-0.05, 0) is 30.3 Å². The molecule has 7 heteroatoms. The van der Waals surface area contributed by atoms with E-state index in [1.165, 1.54) is 6.92 Å². The molecule has 1 aliphatic rings. The van der Waals surface area contributed by atoms with Gasteiger partial charge >= 0.3 is 0 Å². The Hall–Kier alpha value is -4.39. The molecule has 4 aromatic rings. The third kappa shape index (κ3) is 4.28. The van der Waals surface area contributed by atoms with Crippen molar-refractivity contribution in [2.24, 2.45) is 5.10 Å². The van der Waals surface area contributed by atoms with Crippen molar-refractivity contribution in [2.45, 2.75) is 19.4 Å². The summed E-state index contributed by atoms with van der Waals surface area (Å²) in [5.74, 6) is 1.13. The Morgan fingerprint density at radius 1 is 0.886 bits per heavy atom. The lowest BCUT2D eigenvalue weighted by molar-refractivity contribution is -0.130. The monoisotopic (exact) mass is 466 g/mol. The van der Waals surface area contributed by atoms with Crippen LogP contribution in [0.1, 0.15) is 30.5 Å². The first kappa shape index (κ1) is 22.4. The largest absolute Gasteiger partial charge is 0.493 e. The molecular formula is C28H26N4O3. The predicted octanol–water partition coefficient (Wildman–Crippen LogP) is 5.25. The molecular weight excluding hydrogens is 440 g/mol. The van der Waals surface area contributed by atoms with E-state index in [9.17, 15) is 4.79 Å². The van der Waals surface area contributed by atoms with Crippen molar-refractivity contribution in [1.29, 1.82) is 0 Å². The molecule has 176 valence electrons. The van der Waals surface area contributed by atoms with Crippen LogP contribution >= 0.6 is 0 Å². The van der Waals surface area contributed by atoms with Gasteiger partial charge in [-0.25, -0.2) is 9.69 Å². The number of para-hydroxylation sites is 1. The zero-order chi connectivity index (χ0) is 24.4. The van der Waals surface area contributed by atoms with Crippen LogP contribution in [0.15, 0.2) is 90.2 Å². The number of ether oxygens (including phenoxy) is 2. The third-order valence-corrected chi connectivity index (χ3v) is 6.12. The fraction of sp³-hybridized carbons (Fsp3) is 0.179. The van der Waals surface area contributed by atoms with Crippen LogP contribution in [0.4, 0.5) is 0 Å². The zero-order valence-electron chi connectivity index (χ0n) is 19.9. The molecule has 3 aromatic carbocycles. The Morgan fingerprint density at radius 3 is 2.23 bits per heavy atom. The fourth-order valence-corrected chi connectivity index (χ4v) is 4.40. The minimum absolute atomic E-state index is 0.128. The van der Waals surface area contributed by atoms with Gasteiger partial charge in [-0.1, -0.05) is 48.5 Å². The second-order valence-corrected chi connectivity index (χ2v) is 8.28. The van der Waals surface area contributed by atoms with E-state index in [1.807, 2.05) is 89.7 Å². The number of hydrogen-bond acceptors (Lipinski definition) is 5. The Balaban J connectivity index is 1.59. The van der Waals surface area contributed by atoms with E-state index in [0.717, 1.165) is 33.8 Å². The van der Waals surface area contributed by atoms with Crippen LogP contribution in [0.2, 0.25) is 0 Å². The van der Waals surface area contributed by atoms with Crippen LogP contribution < -0.4 is 9.47 Å². The molecule has 0 spiro atoms. The summed E-state index contributed by atoms with van der Waals surface area (Å²) in [5, 5.41) is 11.2. The highest BCUT2D eigenvalue weighted by molar-refractivity contribution is 6.03. The number of rotatable bonds is 6. The van der Waals surface area contributed by atoms with Gasteiger partial charge in [-0.3, -0.25) is 4.79 Å². The summed E-state index contributed by atoms with van der Waals surface area (Å²) in [7, 11) is 3.21. The summed E-state index contributed by atoms with van der Waals surface area (Å²) in [4.78, 5) is 12.7. The third-order valence-electron chi connectivity index (χ3n) is 6.12. The van der Waals surface area contributed by atoms with Crippen LogP contribution in [0.25, 0.3) is 16.9 Å². The summed E-state index contributed by atoms with van der Waals surface area (Å²) in [6, 6.07) is 25.4. The summed E-state index contributed by atoms with van der Waals surface area (Å²) in [6.45, 7) is 1.54. The molecule has 1 amide bonds. The van der Waals surface area contributed by atoms with Crippen LogP contribution in [0, 0.1) is 0 Å². The number of nitrogens with zero attached hydrogens (tertiary/aromatic N) is 4. The lowest BCUT2D eigenvalue weighted by Gasteiger charge is -2.20. The number of amides is 1. The van der Waals surface area contributed by atoms with Gasteiger partial charge in [0.2, 0.25) is 5.91 Å². The number of hydrogen-bond donors (Lipinski definition) is 0. The number of hydrazone groups is 1. The summed E-state index contributed by atoms with van der Waals surface area (Å²) in [5.41, 5.74) is 5.39. The molecule has 7 nitrogen and oxygen atoms in total. The van der Waals surface area contributed by atoms with Crippen LogP contribution in [-0.2, 0) is 4.79 Å². The fourth-order valence-electron chi connectivity index (χ4n) is 4.40. The van der Waals surface area contributed by atoms with E-state index < -0.39 is 0 Å². The summed E-state index contributed by atoms with van der Waals surface area (Å²) >= 11 is 0. The molecule has 0 saturated carbocycles. The minimum Gasteiger partial charge on any atom is -0.493 e. The number of benzene rings is 3. The van der Waals surface area contributed by atoms with Crippen molar-refractivity contribution < 1.29 is 14.3 Å². The average Bonchev–Trinajstić information content (AvgIpc) is 3.54. The Labute approximate surface area is 204 Å². The Bertz CT molecular complexity index is 1380. The standard InChI is InChI=1S/C28H26N4O3/c1-19(33)32-25(17-24(29-32)21-14-15-26(34-2)27(16-21)35-3)23-18-31(22-12-8-5-9-13-22)30-28(23)20-10-6-4-7-11-20/h4-16,18,25H,17H2,1-3H3. The summed E-state index contributed by atoms with van der Waals surface area (Å²) < 4.78 is 12.7. The van der Waals surface area contributed by atoms with Gasteiger partial charge in [0, 0.05) is 36.2 Å². The number of carbonyl (C=O) groups is 1. The quantitative estimate of drug-likeness (QED) is 0.389. The molecule has 35 heavy (non-hydrogen) atoms. The topological polar surface area (TPSA) is 69.0 Å². The maximum atomic E-state index is 12.7. The first-order valence-electron chi connectivity index (χ1n) is 11.4. The molecule has 0 radical (unpaired) electrons. The molecule has 0 fully saturated rings. The zero-order valence-corrected chi connectivity index (χ0v) is 19.9. The van der Waals surface area contributed by atoms with Gasteiger partial charge in [0.15, 0.2) is 11.5 Å². The number of aromatic nitrogens is 2. The minimum atomic E-state index is -0.289. The van der Waals surface area contributed by atoms with E-state index in [0.29, 0.717) is 17.9 Å². The van der Waals surface area contributed by atoms with Crippen molar-refractivity contribution in [3.05, 3.63) is 96.2 Å². The highest BCUT2D eigenvalue weighted by Gasteiger charge is 2.35. The molecule has 5 rings (SSSR count). The van der Waals surface area contributed by atoms with Gasteiger partial charge in [0.05, 0.1) is 37.4 Å². The Kier molecular flexibility index (Phi) is 6.06. The molecule has 1 unspecified atom stereocenters. The van der Waals surface area contributed by atoms with E-state index in [1.54, 1.807) is 19.2 Å². The highest BCUT2D eigenvalue weighted by Crippen LogP contribution is 2.39. The molecule has 0 N–H and O–H groups in total. The molecule has 0 aliphatic carbocycles. The van der Waals surface area contributed by atoms with E-state index >= 15 is 0 Å². The predicted molar refractivity (Wildman–Crippen MR) is 135 cm³/mol. The van der Waals surface area contributed by atoms with Gasteiger partial charge in [-0.15, -0.1) is 0 Å². The number of methoxy groups -OCH3 is 2. The van der Waals surface area contributed by atoms with Crippen LogP contribution in [0.5, 0.6) is 11.5 Å². The molecule has 1 aromatic heterocycles. The van der Waals surface area contributed by atoms with Gasteiger partial charge in [0.25, 0.3) is 0 Å². The van der Waals surface area contributed by atoms with E-state index in [4.69, 9.17) is 19.7 Å². The van der Waals surface area contributed by atoms with Crippen molar-refractivity contribution in [3.63, 3.8) is 0 Å². The van der Waals surface area contributed by atoms with Crippen LogP contribution in [0.3, 0.4) is 0 Å². The smallest absolute Gasteiger partial charge is 0.240 e. The van der Waals surface area contributed by atoms with Crippen molar-refractivity contribution in [2.75, 3.05) is 14.2 Å². The summed E-state index contributed by atoms with van der Waals surface area (Å²) in [6.07, 6.45) is 2.56. The van der Waals surface area contributed by atoms with Gasteiger partial charge in [-0.2, -0.15) is 10.2 Å². The lowest BCUT2D eigenvalue weighted by atomic mass is 9.96.